The van der Waals surface area contributed by atoms with Crippen molar-refractivity contribution < 1.29 is 14.0 Å². The van der Waals surface area contributed by atoms with Crippen molar-refractivity contribution in [2.45, 2.75) is 34.2 Å². The summed E-state index contributed by atoms with van der Waals surface area (Å²) < 4.78 is 16.4. The van der Waals surface area contributed by atoms with E-state index in [1.54, 1.807) is 18.2 Å². The molecule has 174 valence electrons. The second-order valence-electron chi connectivity index (χ2n) is 9.12. The standard InChI is InChI=1S/C31H26FNO2/c1-5-33-27-12-10-21(30(34)23-8-6-7-9-26(23)32)16-24(27)25-17-22(11-13-28(25)33)31(35)29-19(3)14-18(2)15-20(29)4/h6-17H,5H2,1-4H3. The van der Waals surface area contributed by atoms with E-state index in [4.69, 9.17) is 0 Å². The lowest BCUT2D eigenvalue weighted by molar-refractivity contribution is 0.102. The van der Waals surface area contributed by atoms with Crippen molar-refractivity contribution in [3.8, 4) is 0 Å². The minimum Gasteiger partial charge on any atom is -0.341 e. The van der Waals surface area contributed by atoms with E-state index in [2.05, 4.69) is 11.5 Å². The fourth-order valence-corrected chi connectivity index (χ4v) is 5.21. The van der Waals surface area contributed by atoms with Gasteiger partial charge in [-0.25, -0.2) is 4.39 Å². The molecule has 0 aliphatic rings. The number of nitrogens with zero attached hydrogens (tertiary/aromatic N) is 1. The molecule has 4 heteroatoms. The van der Waals surface area contributed by atoms with Gasteiger partial charge in [-0.05, 0) is 87.4 Å². The third kappa shape index (κ3) is 3.75. The molecule has 0 N–H and O–H groups in total. The van der Waals surface area contributed by atoms with Crippen LogP contribution in [-0.4, -0.2) is 16.1 Å². The number of rotatable bonds is 5. The van der Waals surface area contributed by atoms with Crippen molar-refractivity contribution in [1.82, 2.24) is 4.57 Å². The molecule has 1 heterocycles. The fourth-order valence-electron chi connectivity index (χ4n) is 5.21. The van der Waals surface area contributed by atoms with Crippen molar-refractivity contribution >= 4 is 33.4 Å². The van der Waals surface area contributed by atoms with E-state index in [0.29, 0.717) is 11.1 Å². The van der Waals surface area contributed by atoms with Crippen molar-refractivity contribution in [1.29, 1.82) is 0 Å². The maximum atomic E-state index is 14.3. The molecule has 0 aliphatic heterocycles. The molecule has 0 bridgehead atoms. The topological polar surface area (TPSA) is 39.1 Å². The van der Waals surface area contributed by atoms with Crippen LogP contribution in [0, 0.1) is 26.6 Å². The zero-order valence-electron chi connectivity index (χ0n) is 20.3. The minimum absolute atomic E-state index is 0.0158. The number of aryl methyl sites for hydroxylation is 4. The van der Waals surface area contributed by atoms with Gasteiger partial charge in [0.25, 0.3) is 0 Å². The van der Waals surface area contributed by atoms with Gasteiger partial charge in [-0.2, -0.15) is 0 Å². The normalized spacial score (nSPS) is 11.3. The Morgan fingerprint density at radius 2 is 1.29 bits per heavy atom. The molecule has 3 nitrogen and oxygen atoms in total. The molecule has 0 radical (unpaired) electrons. The quantitative estimate of drug-likeness (QED) is 0.256. The van der Waals surface area contributed by atoms with Gasteiger partial charge in [-0.1, -0.05) is 29.8 Å². The number of aromatic nitrogens is 1. The molecule has 35 heavy (non-hydrogen) atoms. The lowest BCUT2D eigenvalue weighted by atomic mass is 9.92. The Labute approximate surface area is 203 Å². The zero-order valence-corrected chi connectivity index (χ0v) is 20.3. The monoisotopic (exact) mass is 463 g/mol. The maximum Gasteiger partial charge on any atom is 0.195 e. The lowest BCUT2D eigenvalue weighted by Crippen LogP contribution is -2.07. The molecule has 0 saturated carbocycles. The van der Waals surface area contributed by atoms with E-state index < -0.39 is 5.82 Å². The van der Waals surface area contributed by atoms with E-state index >= 15 is 0 Å². The number of halogens is 1. The molecule has 5 rings (SSSR count). The molecule has 0 spiro atoms. The Balaban J connectivity index is 1.69. The van der Waals surface area contributed by atoms with E-state index in [9.17, 15) is 14.0 Å². The molecular formula is C31H26FNO2. The van der Waals surface area contributed by atoms with Crippen LogP contribution < -0.4 is 0 Å². The minimum atomic E-state index is -0.537. The second kappa shape index (κ2) is 8.62. The Kier molecular flexibility index (Phi) is 5.60. The first-order valence-corrected chi connectivity index (χ1v) is 11.8. The second-order valence-corrected chi connectivity index (χ2v) is 9.12. The van der Waals surface area contributed by atoms with E-state index in [1.165, 1.54) is 12.1 Å². The lowest BCUT2D eigenvalue weighted by Gasteiger charge is -2.11. The summed E-state index contributed by atoms with van der Waals surface area (Å²) in [5, 5.41) is 1.77. The molecule has 0 atom stereocenters. The van der Waals surface area contributed by atoms with Crippen LogP contribution in [0.4, 0.5) is 4.39 Å². The summed E-state index contributed by atoms with van der Waals surface area (Å²) in [6, 6.07) is 21.3. The van der Waals surface area contributed by atoms with E-state index in [1.807, 2.05) is 63.2 Å². The van der Waals surface area contributed by atoms with Crippen molar-refractivity contribution in [2.24, 2.45) is 0 Å². The first-order valence-electron chi connectivity index (χ1n) is 11.8. The smallest absolute Gasteiger partial charge is 0.195 e. The highest BCUT2D eigenvalue weighted by molar-refractivity contribution is 6.17. The van der Waals surface area contributed by atoms with Crippen molar-refractivity contribution in [3.05, 3.63) is 118 Å². The van der Waals surface area contributed by atoms with Crippen LogP contribution in [-0.2, 0) is 6.54 Å². The Bertz CT molecular complexity index is 1640. The van der Waals surface area contributed by atoms with E-state index in [-0.39, 0.29) is 17.1 Å². The third-order valence-corrected chi connectivity index (χ3v) is 6.73. The van der Waals surface area contributed by atoms with Crippen LogP contribution in [0.5, 0.6) is 0 Å². The van der Waals surface area contributed by atoms with Gasteiger partial charge in [0.1, 0.15) is 5.82 Å². The summed E-state index contributed by atoms with van der Waals surface area (Å²) in [6.45, 7) is 8.77. The highest BCUT2D eigenvalue weighted by Gasteiger charge is 2.19. The van der Waals surface area contributed by atoms with Gasteiger partial charge < -0.3 is 4.57 Å². The van der Waals surface area contributed by atoms with Gasteiger partial charge in [0.2, 0.25) is 0 Å². The Hall–Kier alpha value is -4.05. The molecule has 4 aromatic carbocycles. The van der Waals surface area contributed by atoms with Crippen molar-refractivity contribution in [2.75, 3.05) is 0 Å². The molecule has 0 fully saturated rings. The fraction of sp³-hybridized carbons (Fsp3) is 0.161. The van der Waals surface area contributed by atoms with Crippen LogP contribution in [0.25, 0.3) is 21.8 Å². The maximum absolute atomic E-state index is 14.3. The molecule has 0 unspecified atom stereocenters. The summed E-state index contributed by atoms with van der Waals surface area (Å²) in [5.41, 5.74) is 6.81. The predicted octanol–water partition coefficient (Wildman–Crippen LogP) is 7.34. The number of fused-ring (bicyclic) bond motifs is 3. The summed E-state index contributed by atoms with van der Waals surface area (Å²) >= 11 is 0. The van der Waals surface area contributed by atoms with Crippen LogP contribution in [0.2, 0.25) is 0 Å². The molecule has 1 aromatic heterocycles. The van der Waals surface area contributed by atoms with Crippen LogP contribution in [0.15, 0.2) is 72.8 Å². The highest BCUT2D eigenvalue weighted by Crippen LogP contribution is 2.32. The van der Waals surface area contributed by atoms with Crippen LogP contribution in [0.3, 0.4) is 0 Å². The number of carbonyl (C=O) groups is 2. The first kappa shape index (κ1) is 22.7. The van der Waals surface area contributed by atoms with Crippen LogP contribution >= 0.6 is 0 Å². The van der Waals surface area contributed by atoms with Gasteiger partial charge in [-0.3, -0.25) is 9.59 Å². The predicted molar refractivity (Wildman–Crippen MR) is 139 cm³/mol. The summed E-state index contributed by atoms with van der Waals surface area (Å²) in [6.07, 6.45) is 0. The van der Waals surface area contributed by atoms with Gasteiger partial charge in [-0.15, -0.1) is 0 Å². The molecular weight excluding hydrogens is 437 g/mol. The average molecular weight is 464 g/mol. The Morgan fingerprint density at radius 1 is 0.743 bits per heavy atom. The highest BCUT2D eigenvalue weighted by atomic mass is 19.1. The number of carbonyl (C=O) groups excluding carboxylic acids is 2. The van der Waals surface area contributed by atoms with Gasteiger partial charge in [0.05, 0.1) is 5.56 Å². The average Bonchev–Trinajstić information content (AvgIpc) is 3.15. The molecule has 0 amide bonds. The third-order valence-electron chi connectivity index (χ3n) is 6.73. The number of hydrogen-bond acceptors (Lipinski definition) is 2. The molecule has 5 aromatic rings. The molecule has 0 aliphatic carbocycles. The number of benzene rings is 4. The van der Waals surface area contributed by atoms with E-state index in [0.717, 1.165) is 50.6 Å². The largest absolute Gasteiger partial charge is 0.341 e. The number of ketones is 2. The summed E-state index contributed by atoms with van der Waals surface area (Å²) in [5.74, 6) is -0.913. The Morgan fingerprint density at radius 3 is 1.83 bits per heavy atom. The SMILES string of the molecule is CCn1c2ccc(C(=O)c3ccccc3F)cc2c2cc(C(=O)c3c(C)cc(C)cc3C)ccc21. The van der Waals surface area contributed by atoms with Gasteiger partial charge in [0.15, 0.2) is 11.6 Å². The van der Waals surface area contributed by atoms with Gasteiger partial charge >= 0.3 is 0 Å². The van der Waals surface area contributed by atoms with Crippen molar-refractivity contribution in [3.63, 3.8) is 0 Å². The first-order chi connectivity index (χ1) is 16.8. The number of hydrogen-bond donors (Lipinski definition) is 0. The van der Waals surface area contributed by atoms with Crippen LogP contribution in [0.1, 0.15) is 55.5 Å². The summed E-state index contributed by atoms with van der Waals surface area (Å²) in [4.78, 5) is 26.6. The van der Waals surface area contributed by atoms with Gasteiger partial charge in [0, 0.05) is 45.0 Å². The molecule has 0 saturated heterocycles. The zero-order chi connectivity index (χ0) is 24.9. The summed E-state index contributed by atoms with van der Waals surface area (Å²) in [7, 11) is 0.